The third kappa shape index (κ3) is 2.18. The fourth-order valence-corrected chi connectivity index (χ4v) is 1.87. The average Bonchev–Trinajstić information content (AvgIpc) is 2.34. The lowest BCUT2D eigenvalue weighted by molar-refractivity contribution is -0.181. The van der Waals surface area contributed by atoms with Gasteiger partial charge in [0.25, 0.3) is 5.41 Å². The molecule has 1 rings (SSSR count). The normalized spacial score (nSPS) is 12.4. The monoisotopic (exact) mass is 282 g/mol. The molecule has 0 aliphatic rings. The van der Waals surface area contributed by atoms with Crippen LogP contribution >= 0.6 is 0 Å². The van der Waals surface area contributed by atoms with Crippen LogP contribution in [0.2, 0.25) is 0 Å². The Kier molecular flexibility index (Phi) is 4.08. The molecule has 0 spiro atoms. The van der Waals surface area contributed by atoms with Crippen molar-refractivity contribution in [1.82, 2.24) is 0 Å². The van der Waals surface area contributed by atoms with Crippen molar-refractivity contribution in [3.8, 4) is 0 Å². The first-order valence-corrected chi connectivity index (χ1v) is 5.24. The van der Waals surface area contributed by atoms with Crippen LogP contribution in [-0.4, -0.2) is 44.3 Å². The molecule has 1 unspecified atom stereocenters. The van der Waals surface area contributed by atoms with Gasteiger partial charge in [-0.05, 0) is 5.56 Å². The number of hydrogen-bond donors (Lipinski definition) is 4. The molecule has 8 nitrogen and oxygen atoms in total. The maximum Gasteiger partial charge on any atom is 0.334 e. The molecular formula is C12H10O8. The Morgan fingerprint density at radius 1 is 0.800 bits per heavy atom. The molecular weight excluding hydrogens is 272 g/mol. The van der Waals surface area contributed by atoms with Gasteiger partial charge in [0.05, 0.1) is 0 Å². The standard InChI is InChI=1S/C12H10O8/c13-8(14)7(6-4-2-1-3-5-6)12(9(15)16,10(17)18)11(19)20/h1-5,7H,(H,13,14)(H,15,16)(H,17,18)(H,19,20). The fourth-order valence-electron chi connectivity index (χ4n) is 1.87. The van der Waals surface area contributed by atoms with E-state index in [-0.39, 0.29) is 5.56 Å². The summed E-state index contributed by atoms with van der Waals surface area (Å²) in [5.41, 5.74) is -3.74. The van der Waals surface area contributed by atoms with E-state index in [1.807, 2.05) is 0 Å². The van der Waals surface area contributed by atoms with Gasteiger partial charge in [0.15, 0.2) is 0 Å². The van der Waals surface area contributed by atoms with Gasteiger partial charge in [0.1, 0.15) is 5.92 Å². The molecule has 20 heavy (non-hydrogen) atoms. The van der Waals surface area contributed by atoms with Crippen molar-refractivity contribution < 1.29 is 39.6 Å². The fraction of sp³-hybridized carbons (Fsp3) is 0.167. The van der Waals surface area contributed by atoms with Crippen LogP contribution in [-0.2, 0) is 19.2 Å². The van der Waals surface area contributed by atoms with E-state index in [1.54, 1.807) is 0 Å². The van der Waals surface area contributed by atoms with Crippen LogP contribution in [0.15, 0.2) is 30.3 Å². The SMILES string of the molecule is O=C(O)C(c1ccccc1)C(C(=O)O)(C(=O)O)C(=O)O. The van der Waals surface area contributed by atoms with Crippen LogP contribution in [0.25, 0.3) is 0 Å². The molecule has 0 saturated carbocycles. The van der Waals surface area contributed by atoms with E-state index < -0.39 is 35.2 Å². The van der Waals surface area contributed by atoms with Gasteiger partial charge < -0.3 is 20.4 Å². The number of aliphatic carboxylic acids is 4. The topological polar surface area (TPSA) is 149 Å². The lowest BCUT2D eigenvalue weighted by Gasteiger charge is -2.26. The minimum Gasteiger partial charge on any atom is -0.481 e. The highest BCUT2D eigenvalue weighted by atomic mass is 16.4. The van der Waals surface area contributed by atoms with Crippen molar-refractivity contribution in [3.63, 3.8) is 0 Å². The van der Waals surface area contributed by atoms with Crippen LogP contribution in [0.5, 0.6) is 0 Å². The van der Waals surface area contributed by atoms with E-state index in [0.29, 0.717) is 0 Å². The smallest absolute Gasteiger partial charge is 0.334 e. The minimum atomic E-state index is -3.51. The predicted octanol–water partition coefficient (Wildman–Crippen LogP) is 0.0950. The zero-order chi connectivity index (χ0) is 15.5. The summed E-state index contributed by atoms with van der Waals surface area (Å²) >= 11 is 0. The maximum atomic E-state index is 11.3. The molecule has 4 N–H and O–H groups in total. The highest BCUT2D eigenvalue weighted by Crippen LogP contribution is 2.38. The van der Waals surface area contributed by atoms with Gasteiger partial charge >= 0.3 is 23.9 Å². The molecule has 1 aromatic carbocycles. The molecule has 0 aromatic heterocycles. The predicted molar refractivity (Wildman–Crippen MR) is 62.2 cm³/mol. The van der Waals surface area contributed by atoms with Crippen LogP contribution in [0, 0.1) is 5.41 Å². The minimum absolute atomic E-state index is 0.229. The lowest BCUT2D eigenvalue weighted by Crippen LogP contribution is -2.53. The van der Waals surface area contributed by atoms with Gasteiger partial charge in [-0.15, -0.1) is 0 Å². The Bertz CT molecular complexity index is 526. The molecule has 0 radical (unpaired) electrons. The summed E-state index contributed by atoms with van der Waals surface area (Å²) < 4.78 is 0. The summed E-state index contributed by atoms with van der Waals surface area (Å²) in [7, 11) is 0. The van der Waals surface area contributed by atoms with Crippen molar-refractivity contribution in [3.05, 3.63) is 35.9 Å². The first kappa shape index (κ1) is 15.2. The van der Waals surface area contributed by atoms with E-state index >= 15 is 0 Å². The summed E-state index contributed by atoms with van der Waals surface area (Å²) in [5, 5.41) is 36.2. The van der Waals surface area contributed by atoms with Gasteiger partial charge in [-0.1, -0.05) is 30.3 Å². The molecule has 1 aromatic rings. The molecule has 106 valence electrons. The van der Waals surface area contributed by atoms with Crippen LogP contribution < -0.4 is 0 Å². The maximum absolute atomic E-state index is 11.3. The average molecular weight is 282 g/mol. The van der Waals surface area contributed by atoms with Crippen LogP contribution in [0.3, 0.4) is 0 Å². The Morgan fingerprint density at radius 3 is 1.50 bits per heavy atom. The van der Waals surface area contributed by atoms with Crippen LogP contribution in [0.1, 0.15) is 11.5 Å². The molecule has 0 aliphatic heterocycles. The molecule has 0 saturated heterocycles. The van der Waals surface area contributed by atoms with Gasteiger partial charge in [-0.3, -0.25) is 19.2 Å². The first-order chi connectivity index (χ1) is 9.26. The second-order valence-electron chi connectivity index (χ2n) is 3.91. The van der Waals surface area contributed by atoms with Crippen molar-refractivity contribution in [2.45, 2.75) is 5.92 Å². The number of carboxylic acids is 4. The van der Waals surface area contributed by atoms with Gasteiger partial charge in [0, 0.05) is 0 Å². The van der Waals surface area contributed by atoms with E-state index in [1.165, 1.54) is 18.2 Å². The highest BCUT2D eigenvalue weighted by molar-refractivity contribution is 6.20. The lowest BCUT2D eigenvalue weighted by atomic mass is 9.71. The molecule has 0 aliphatic carbocycles. The Labute approximate surface area is 111 Å². The van der Waals surface area contributed by atoms with Gasteiger partial charge in [-0.2, -0.15) is 0 Å². The zero-order valence-corrected chi connectivity index (χ0v) is 9.89. The quantitative estimate of drug-likeness (QED) is 0.536. The number of rotatable bonds is 6. The van der Waals surface area contributed by atoms with Gasteiger partial charge in [-0.25, -0.2) is 0 Å². The molecule has 0 fully saturated rings. The summed E-state index contributed by atoms with van der Waals surface area (Å²) in [6, 6.07) is 6.50. The van der Waals surface area contributed by atoms with Gasteiger partial charge in [0.2, 0.25) is 0 Å². The highest BCUT2D eigenvalue weighted by Gasteiger charge is 2.63. The van der Waals surface area contributed by atoms with E-state index in [9.17, 15) is 19.2 Å². The Balaban J connectivity index is 3.65. The number of benzene rings is 1. The zero-order valence-electron chi connectivity index (χ0n) is 9.89. The molecule has 0 amide bonds. The van der Waals surface area contributed by atoms with E-state index in [4.69, 9.17) is 20.4 Å². The van der Waals surface area contributed by atoms with E-state index in [0.717, 1.165) is 12.1 Å². The first-order valence-electron chi connectivity index (χ1n) is 5.24. The third-order valence-electron chi connectivity index (χ3n) is 2.82. The molecule has 0 heterocycles. The third-order valence-corrected chi connectivity index (χ3v) is 2.82. The largest absolute Gasteiger partial charge is 0.481 e. The van der Waals surface area contributed by atoms with Crippen molar-refractivity contribution >= 4 is 23.9 Å². The Hall–Kier alpha value is -2.90. The van der Waals surface area contributed by atoms with Crippen molar-refractivity contribution in [2.75, 3.05) is 0 Å². The molecule has 0 bridgehead atoms. The summed E-state index contributed by atoms with van der Waals surface area (Å²) in [4.78, 5) is 44.9. The van der Waals surface area contributed by atoms with Crippen LogP contribution in [0.4, 0.5) is 0 Å². The van der Waals surface area contributed by atoms with Crippen molar-refractivity contribution in [1.29, 1.82) is 0 Å². The number of carboxylic acid groups (broad SMARTS) is 4. The Morgan fingerprint density at radius 2 is 1.20 bits per heavy atom. The number of hydrogen-bond acceptors (Lipinski definition) is 4. The molecule has 8 heteroatoms. The second kappa shape index (κ2) is 5.39. The molecule has 1 atom stereocenters. The summed E-state index contributed by atoms with van der Waals surface area (Å²) in [5.74, 6) is -10.9. The summed E-state index contributed by atoms with van der Waals surface area (Å²) in [6.45, 7) is 0. The summed E-state index contributed by atoms with van der Waals surface area (Å²) in [6.07, 6.45) is 0. The van der Waals surface area contributed by atoms with Crippen molar-refractivity contribution in [2.24, 2.45) is 5.41 Å². The van der Waals surface area contributed by atoms with E-state index in [2.05, 4.69) is 0 Å². The number of carbonyl (C=O) groups is 4. The second-order valence-corrected chi connectivity index (χ2v) is 3.91.